The first-order chi connectivity index (χ1) is 22.8. The van der Waals surface area contributed by atoms with E-state index in [1.54, 1.807) is 0 Å². The van der Waals surface area contributed by atoms with Crippen LogP contribution in [0.5, 0.6) is 0 Å². The molecule has 0 unspecified atom stereocenters. The zero-order valence-electron chi connectivity index (χ0n) is 24.7. The molecular formula is C43H25NOS. The summed E-state index contributed by atoms with van der Waals surface area (Å²) in [5.41, 5.74) is 9.72. The lowest BCUT2D eigenvalue weighted by Gasteiger charge is -2.11. The molecule has 2 nitrogen and oxygen atoms in total. The maximum Gasteiger partial charge on any atom is 0.136 e. The van der Waals surface area contributed by atoms with Gasteiger partial charge in [-0.25, -0.2) is 4.98 Å². The lowest BCUT2D eigenvalue weighted by Crippen LogP contribution is -1.90. The van der Waals surface area contributed by atoms with Crippen molar-refractivity contribution in [1.29, 1.82) is 0 Å². The molecule has 46 heavy (non-hydrogen) atoms. The summed E-state index contributed by atoms with van der Waals surface area (Å²) < 4.78 is 9.14. The molecule has 10 aromatic rings. The van der Waals surface area contributed by atoms with Crippen molar-refractivity contribution >= 4 is 75.1 Å². The van der Waals surface area contributed by atoms with Crippen LogP contribution in [-0.4, -0.2) is 4.98 Å². The van der Waals surface area contributed by atoms with Crippen LogP contribution < -0.4 is 0 Å². The van der Waals surface area contributed by atoms with Crippen LogP contribution in [0.3, 0.4) is 0 Å². The fourth-order valence-electron chi connectivity index (χ4n) is 7.12. The maximum absolute atomic E-state index is 6.47. The van der Waals surface area contributed by atoms with E-state index in [0.717, 1.165) is 49.5 Å². The lowest BCUT2D eigenvalue weighted by atomic mass is 9.95. The Morgan fingerprint density at radius 1 is 0.435 bits per heavy atom. The van der Waals surface area contributed by atoms with Gasteiger partial charge in [0.2, 0.25) is 0 Å². The monoisotopic (exact) mass is 603 g/mol. The van der Waals surface area contributed by atoms with Gasteiger partial charge in [0.05, 0.1) is 11.2 Å². The third-order valence-corrected chi connectivity index (χ3v) is 10.5. The van der Waals surface area contributed by atoms with E-state index in [9.17, 15) is 0 Å². The van der Waals surface area contributed by atoms with Crippen LogP contribution >= 0.6 is 11.3 Å². The zero-order chi connectivity index (χ0) is 30.2. The summed E-state index contributed by atoms with van der Waals surface area (Å²) in [6, 6.07) is 54.1. The fraction of sp³-hybridized carbons (Fsp3) is 0. The second kappa shape index (κ2) is 9.87. The summed E-state index contributed by atoms with van der Waals surface area (Å²) >= 11 is 1.87. The van der Waals surface area contributed by atoms with Crippen molar-refractivity contribution in [3.05, 3.63) is 152 Å². The number of thiophene rings is 1. The molecule has 0 saturated carbocycles. The number of rotatable bonds is 3. The highest BCUT2D eigenvalue weighted by atomic mass is 32.1. The third kappa shape index (κ3) is 3.79. The fourth-order valence-corrected chi connectivity index (χ4v) is 8.36. The average Bonchev–Trinajstić information content (AvgIpc) is 3.70. The molecule has 3 heteroatoms. The van der Waals surface area contributed by atoms with Crippen molar-refractivity contribution in [3.8, 4) is 33.5 Å². The predicted octanol–water partition coefficient (Wildman–Crippen LogP) is 12.7. The summed E-state index contributed by atoms with van der Waals surface area (Å²) in [4.78, 5) is 5.14. The molecule has 0 bridgehead atoms. The molecule has 0 saturated heterocycles. The van der Waals surface area contributed by atoms with Gasteiger partial charge in [-0.15, -0.1) is 11.3 Å². The van der Waals surface area contributed by atoms with E-state index in [4.69, 9.17) is 9.40 Å². The predicted molar refractivity (Wildman–Crippen MR) is 196 cm³/mol. The number of hydrogen-bond donors (Lipinski definition) is 0. The first kappa shape index (κ1) is 25.5. The molecular weight excluding hydrogens is 579 g/mol. The summed E-state index contributed by atoms with van der Waals surface area (Å²) in [5, 5.41) is 8.36. The Labute approximate surface area is 268 Å². The van der Waals surface area contributed by atoms with E-state index >= 15 is 0 Å². The number of hydrogen-bond acceptors (Lipinski definition) is 3. The van der Waals surface area contributed by atoms with Crippen LogP contribution in [0.4, 0.5) is 0 Å². The van der Waals surface area contributed by atoms with Gasteiger partial charge < -0.3 is 4.42 Å². The molecule has 0 aliphatic heterocycles. The minimum atomic E-state index is 0.890. The van der Waals surface area contributed by atoms with E-state index in [1.165, 1.54) is 47.8 Å². The van der Waals surface area contributed by atoms with Crippen molar-refractivity contribution < 1.29 is 4.42 Å². The van der Waals surface area contributed by atoms with Crippen LogP contribution in [-0.2, 0) is 0 Å². The minimum Gasteiger partial charge on any atom is -0.456 e. The lowest BCUT2D eigenvalue weighted by molar-refractivity contribution is 0.669. The Morgan fingerprint density at radius 3 is 2.04 bits per heavy atom. The highest BCUT2D eigenvalue weighted by molar-refractivity contribution is 7.26. The quantitative estimate of drug-likeness (QED) is 0.188. The van der Waals surface area contributed by atoms with Crippen molar-refractivity contribution in [2.75, 3.05) is 0 Å². The van der Waals surface area contributed by atoms with E-state index in [0.29, 0.717) is 0 Å². The normalized spacial score (nSPS) is 11.9. The van der Waals surface area contributed by atoms with Crippen LogP contribution in [0.1, 0.15) is 0 Å². The third-order valence-electron chi connectivity index (χ3n) is 9.28. The Bertz CT molecular complexity index is 2790. The topological polar surface area (TPSA) is 26.0 Å². The van der Waals surface area contributed by atoms with Crippen LogP contribution in [0.15, 0.2) is 156 Å². The van der Waals surface area contributed by atoms with E-state index in [-0.39, 0.29) is 0 Å². The van der Waals surface area contributed by atoms with Gasteiger partial charge in [-0.3, -0.25) is 0 Å². The molecule has 0 radical (unpaired) electrons. The molecule has 7 aromatic carbocycles. The van der Waals surface area contributed by atoms with Gasteiger partial charge in [0, 0.05) is 52.7 Å². The van der Waals surface area contributed by atoms with E-state index in [1.807, 2.05) is 17.4 Å². The standard InChI is InChI=1S/C43H25NOS/c1-2-9-28(10-3-1)42-34-22-24-38-41(40(34)33-12-4-6-15-36(33)44-42)35-25-29(21-23-37(35)45-38)26-17-19-27(20-18-26)30-13-8-14-32-31-11-5-7-16-39(31)46-43(30)32/h1-25H. The van der Waals surface area contributed by atoms with Crippen LogP contribution in [0.25, 0.3) is 97.3 Å². The van der Waals surface area contributed by atoms with Gasteiger partial charge in [-0.1, -0.05) is 115 Å². The Hall–Kier alpha value is -5.77. The van der Waals surface area contributed by atoms with Crippen molar-refractivity contribution in [2.45, 2.75) is 0 Å². The molecule has 10 rings (SSSR count). The Kier molecular flexibility index (Phi) is 5.48. The molecule has 214 valence electrons. The number of furan rings is 1. The molecule has 0 N–H and O–H groups in total. The van der Waals surface area contributed by atoms with Crippen molar-refractivity contribution in [2.24, 2.45) is 0 Å². The zero-order valence-corrected chi connectivity index (χ0v) is 25.5. The number of pyridine rings is 1. The van der Waals surface area contributed by atoms with E-state index in [2.05, 4.69) is 146 Å². The Balaban J connectivity index is 1.15. The second-order valence-electron chi connectivity index (χ2n) is 11.9. The van der Waals surface area contributed by atoms with Crippen molar-refractivity contribution in [1.82, 2.24) is 4.98 Å². The van der Waals surface area contributed by atoms with Gasteiger partial charge in [0.25, 0.3) is 0 Å². The van der Waals surface area contributed by atoms with Gasteiger partial charge in [0.15, 0.2) is 0 Å². The SMILES string of the molecule is c1ccc(-c2nc3ccccc3c3c2ccc2oc4ccc(-c5ccc(-c6cccc7c6sc6ccccc67)cc5)cc4c23)cc1. The number of fused-ring (bicyclic) bond motifs is 10. The van der Waals surface area contributed by atoms with Crippen LogP contribution in [0, 0.1) is 0 Å². The van der Waals surface area contributed by atoms with Gasteiger partial charge in [-0.05, 0) is 58.7 Å². The summed E-state index contributed by atoms with van der Waals surface area (Å²) in [6.07, 6.45) is 0. The molecule has 0 aliphatic rings. The van der Waals surface area contributed by atoms with Gasteiger partial charge in [-0.2, -0.15) is 0 Å². The average molecular weight is 604 g/mol. The number of nitrogens with zero attached hydrogens (tertiary/aromatic N) is 1. The van der Waals surface area contributed by atoms with E-state index < -0.39 is 0 Å². The number of para-hydroxylation sites is 1. The number of aromatic nitrogens is 1. The first-order valence-corrected chi connectivity index (χ1v) is 16.4. The summed E-state index contributed by atoms with van der Waals surface area (Å²) in [5.74, 6) is 0. The molecule has 3 heterocycles. The Morgan fingerprint density at radius 2 is 1.15 bits per heavy atom. The van der Waals surface area contributed by atoms with Crippen molar-refractivity contribution in [3.63, 3.8) is 0 Å². The largest absolute Gasteiger partial charge is 0.456 e. The summed E-state index contributed by atoms with van der Waals surface area (Å²) in [6.45, 7) is 0. The second-order valence-corrected chi connectivity index (χ2v) is 12.9. The first-order valence-electron chi connectivity index (χ1n) is 15.5. The molecule has 0 fully saturated rings. The smallest absolute Gasteiger partial charge is 0.136 e. The molecule has 0 aliphatic carbocycles. The molecule has 0 amide bonds. The molecule has 0 atom stereocenters. The highest BCUT2D eigenvalue weighted by Gasteiger charge is 2.18. The highest BCUT2D eigenvalue weighted by Crippen LogP contribution is 2.43. The summed E-state index contributed by atoms with van der Waals surface area (Å²) in [7, 11) is 0. The van der Waals surface area contributed by atoms with Gasteiger partial charge in [0.1, 0.15) is 11.2 Å². The van der Waals surface area contributed by atoms with Crippen LogP contribution in [0.2, 0.25) is 0 Å². The number of benzene rings is 7. The van der Waals surface area contributed by atoms with Gasteiger partial charge >= 0.3 is 0 Å². The molecule has 0 spiro atoms. The minimum absolute atomic E-state index is 0.890. The maximum atomic E-state index is 6.47. The molecule has 3 aromatic heterocycles.